The van der Waals surface area contributed by atoms with Crippen LogP contribution in [-0.4, -0.2) is 37.2 Å². The summed E-state index contributed by atoms with van der Waals surface area (Å²) >= 11 is 0. The minimum absolute atomic E-state index is 0.0293. The third kappa shape index (κ3) is 3.47. The molecule has 5 heteroatoms. The SMILES string of the molecule is COC=C1COC(C(=O)N2CCc3ccccc3[C@@H]2c2ccc(F)cc2)C1. The highest BCUT2D eigenvalue weighted by Gasteiger charge is 2.37. The van der Waals surface area contributed by atoms with E-state index in [0.29, 0.717) is 19.6 Å². The van der Waals surface area contributed by atoms with Gasteiger partial charge in [-0.25, -0.2) is 4.39 Å². The Hall–Kier alpha value is -2.66. The summed E-state index contributed by atoms with van der Waals surface area (Å²) in [4.78, 5) is 15.1. The zero-order chi connectivity index (χ0) is 18.8. The zero-order valence-electron chi connectivity index (χ0n) is 15.2. The molecule has 2 heterocycles. The van der Waals surface area contributed by atoms with Gasteiger partial charge in [0, 0.05) is 13.0 Å². The predicted molar refractivity (Wildman–Crippen MR) is 99.6 cm³/mol. The Labute approximate surface area is 158 Å². The second-order valence-corrected chi connectivity index (χ2v) is 6.95. The predicted octanol–water partition coefficient (Wildman–Crippen LogP) is 3.62. The van der Waals surface area contributed by atoms with E-state index in [4.69, 9.17) is 9.47 Å². The summed E-state index contributed by atoms with van der Waals surface area (Å²) in [6.45, 7) is 1.02. The fraction of sp³-hybridized carbons (Fsp3) is 0.318. The van der Waals surface area contributed by atoms with Gasteiger partial charge < -0.3 is 14.4 Å². The molecule has 0 spiro atoms. The van der Waals surface area contributed by atoms with Crippen LogP contribution < -0.4 is 0 Å². The van der Waals surface area contributed by atoms with Gasteiger partial charge in [0.15, 0.2) is 0 Å². The highest BCUT2D eigenvalue weighted by molar-refractivity contribution is 5.83. The van der Waals surface area contributed by atoms with Crippen LogP contribution in [-0.2, 0) is 20.7 Å². The van der Waals surface area contributed by atoms with Crippen molar-refractivity contribution in [1.29, 1.82) is 0 Å². The lowest BCUT2D eigenvalue weighted by Crippen LogP contribution is -2.45. The molecule has 140 valence electrons. The topological polar surface area (TPSA) is 38.8 Å². The molecule has 0 aliphatic carbocycles. The van der Waals surface area contributed by atoms with E-state index in [1.165, 1.54) is 17.7 Å². The molecule has 2 aliphatic rings. The van der Waals surface area contributed by atoms with E-state index in [9.17, 15) is 9.18 Å². The molecule has 1 amide bonds. The third-order valence-corrected chi connectivity index (χ3v) is 5.23. The van der Waals surface area contributed by atoms with E-state index in [0.717, 1.165) is 23.1 Å². The third-order valence-electron chi connectivity index (χ3n) is 5.23. The van der Waals surface area contributed by atoms with Gasteiger partial charge in [0.2, 0.25) is 0 Å². The fourth-order valence-electron chi connectivity index (χ4n) is 3.96. The van der Waals surface area contributed by atoms with Gasteiger partial charge in [-0.3, -0.25) is 4.79 Å². The normalized spacial score (nSPS) is 23.3. The first-order valence-corrected chi connectivity index (χ1v) is 9.13. The van der Waals surface area contributed by atoms with Crippen LogP contribution in [0, 0.1) is 5.82 Å². The Kier molecular flexibility index (Phi) is 4.94. The van der Waals surface area contributed by atoms with Gasteiger partial charge in [0.1, 0.15) is 11.9 Å². The first-order valence-electron chi connectivity index (χ1n) is 9.13. The largest absolute Gasteiger partial charge is 0.504 e. The van der Waals surface area contributed by atoms with Crippen LogP contribution in [0.5, 0.6) is 0 Å². The lowest BCUT2D eigenvalue weighted by atomic mass is 9.87. The van der Waals surface area contributed by atoms with Crippen LogP contribution in [0.15, 0.2) is 60.4 Å². The van der Waals surface area contributed by atoms with Crippen LogP contribution in [0.4, 0.5) is 4.39 Å². The molecule has 4 rings (SSSR count). The van der Waals surface area contributed by atoms with Crippen molar-refractivity contribution < 1.29 is 18.7 Å². The van der Waals surface area contributed by atoms with Gasteiger partial charge in [-0.2, -0.15) is 0 Å². The van der Waals surface area contributed by atoms with Crippen LogP contribution in [0.3, 0.4) is 0 Å². The van der Waals surface area contributed by atoms with Crippen molar-refractivity contribution in [2.75, 3.05) is 20.3 Å². The molecule has 0 radical (unpaired) electrons. The van der Waals surface area contributed by atoms with Gasteiger partial charge in [-0.1, -0.05) is 36.4 Å². The Morgan fingerprint density at radius 2 is 2.00 bits per heavy atom. The number of amides is 1. The lowest BCUT2D eigenvalue weighted by Gasteiger charge is -2.38. The molecule has 2 aromatic carbocycles. The van der Waals surface area contributed by atoms with E-state index in [1.54, 1.807) is 25.5 Å². The van der Waals surface area contributed by atoms with Crippen molar-refractivity contribution in [3.8, 4) is 0 Å². The Balaban J connectivity index is 1.68. The van der Waals surface area contributed by atoms with Gasteiger partial charge in [0.25, 0.3) is 5.91 Å². The second kappa shape index (κ2) is 7.53. The number of carbonyl (C=O) groups is 1. The zero-order valence-corrected chi connectivity index (χ0v) is 15.2. The molecule has 0 aromatic heterocycles. The average Bonchev–Trinajstić information content (AvgIpc) is 3.16. The number of rotatable bonds is 3. The fourth-order valence-corrected chi connectivity index (χ4v) is 3.96. The average molecular weight is 367 g/mol. The molecule has 1 unspecified atom stereocenters. The summed E-state index contributed by atoms with van der Waals surface area (Å²) in [5.41, 5.74) is 4.20. The molecule has 1 saturated heterocycles. The molecule has 0 N–H and O–H groups in total. The number of carbonyl (C=O) groups excluding carboxylic acids is 1. The second-order valence-electron chi connectivity index (χ2n) is 6.95. The van der Waals surface area contributed by atoms with Crippen molar-refractivity contribution in [3.63, 3.8) is 0 Å². The quantitative estimate of drug-likeness (QED) is 0.778. The molecule has 2 aliphatic heterocycles. The van der Waals surface area contributed by atoms with E-state index in [1.807, 2.05) is 17.0 Å². The van der Waals surface area contributed by atoms with Gasteiger partial charge in [-0.15, -0.1) is 0 Å². The van der Waals surface area contributed by atoms with E-state index >= 15 is 0 Å². The number of halogens is 1. The lowest BCUT2D eigenvalue weighted by molar-refractivity contribution is -0.143. The van der Waals surface area contributed by atoms with Crippen molar-refractivity contribution >= 4 is 5.91 Å². The summed E-state index contributed by atoms with van der Waals surface area (Å²) in [6, 6.07) is 14.3. The summed E-state index contributed by atoms with van der Waals surface area (Å²) < 4.78 is 24.2. The maximum absolute atomic E-state index is 13.4. The molecule has 27 heavy (non-hydrogen) atoms. The number of benzene rings is 2. The summed E-state index contributed by atoms with van der Waals surface area (Å²) in [6.07, 6.45) is 2.49. The number of ether oxygens (including phenoxy) is 2. The van der Waals surface area contributed by atoms with Crippen LogP contribution in [0.1, 0.15) is 29.2 Å². The van der Waals surface area contributed by atoms with Crippen LogP contribution in [0.2, 0.25) is 0 Å². The van der Waals surface area contributed by atoms with Crippen LogP contribution >= 0.6 is 0 Å². The van der Waals surface area contributed by atoms with Gasteiger partial charge in [-0.05, 0) is 40.8 Å². The molecule has 1 fully saturated rings. The Bertz CT molecular complexity index is 862. The van der Waals surface area contributed by atoms with Crippen LogP contribution in [0.25, 0.3) is 0 Å². The molecule has 4 nitrogen and oxygen atoms in total. The smallest absolute Gasteiger partial charge is 0.252 e. The monoisotopic (exact) mass is 367 g/mol. The molecule has 2 aromatic rings. The molecular weight excluding hydrogens is 345 g/mol. The maximum atomic E-state index is 13.4. The minimum atomic E-state index is -0.500. The van der Waals surface area contributed by atoms with E-state index < -0.39 is 6.10 Å². The van der Waals surface area contributed by atoms with Crippen molar-refractivity contribution in [3.05, 3.63) is 82.9 Å². The maximum Gasteiger partial charge on any atom is 0.252 e. The number of hydrogen-bond acceptors (Lipinski definition) is 3. The summed E-state index contributed by atoms with van der Waals surface area (Å²) in [5, 5.41) is 0. The number of fused-ring (bicyclic) bond motifs is 1. The Morgan fingerprint density at radius 1 is 1.22 bits per heavy atom. The van der Waals surface area contributed by atoms with E-state index in [-0.39, 0.29) is 17.8 Å². The first-order chi connectivity index (χ1) is 13.2. The standard InChI is InChI=1S/C22H22FNO3/c1-26-13-15-12-20(27-14-15)22(25)24-11-10-16-4-2-3-5-19(16)21(24)17-6-8-18(23)9-7-17/h2-9,13,20-21H,10-12,14H2,1H3/t20?,21-/m0/s1. The number of hydrogen-bond donors (Lipinski definition) is 0. The highest BCUT2D eigenvalue weighted by Crippen LogP contribution is 2.36. The van der Waals surface area contributed by atoms with E-state index in [2.05, 4.69) is 12.1 Å². The Morgan fingerprint density at radius 3 is 2.78 bits per heavy atom. The number of methoxy groups -OCH3 is 1. The summed E-state index contributed by atoms with van der Waals surface area (Å²) in [5.74, 6) is -0.312. The van der Waals surface area contributed by atoms with Gasteiger partial charge in [0.05, 0.1) is 26.0 Å². The van der Waals surface area contributed by atoms with Crippen molar-refractivity contribution in [2.24, 2.45) is 0 Å². The molecular formula is C22H22FNO3. The molecule has 0 saturated carbocycles. The first kappa shape index (κ1) is 17.7. The molecule has 0 bridgehead atoms. The highest BCUT2D eigenvalue weighted by atomic mass is 19.1. The minimum Gasteiger partial charge on any atom is -0.504 e. The van der Waals surface area contributed by atoms with Crippen molar-refractivity contribution in [2.45, 2.75) is 25.0 Å². The number of nitrogens with zero attached hydrogens (tertiary/aromatic N) is 1. The van der Waals surface area contributed by atoms with Crippen molar-refractivity contribution in [1.82, 2.24) is 4.90 Å². The molecule has 2 atom stereocenters. The van der Waals surface area contributed by atoms with Gasteiger partial charge >= 0.3 is 0 Å². The summed E-state index contributed by atoms with van der Waals surface area (Å²) in [7, 11) is 1.59.